The highest BCUT2D eigenvalue weighted by Crippen LogP contribution is 2.41. The van der Waals surface area contributed by atoms with E-state index in [1.807, 2.05) is 24.3 Å². The fraction of sp³-hybridized carbons (Fsp3) is 0.500. The topological polar surface area (TPSA) is 86.5 Å². The minimum Gasteiger partial charge on any atom is -0.484 e. The molecular weight excluding hydrogens is 427 g/mol. The van der Waals surface area contributed by atoms with Crippen LogP contribution in [0.25, 0.3) is 5.57 Å². The molecule has 0 aliphatic heterocycles. The maximum Gasteiger partial charge on any atom is 0.522 e. The smallest absolute Gasteiger partial charge is 0.484 e. The first-order valence-electron chi connectivity index (χ1n) is 10.5. The van der Waals surface area contributed by atoms with Crippen LogP contribution in [0.2, 0.25) is 0 Å². The number of carbonyl (C=O) groups is 1. The Morgan fingerprint density at radius 3 is 2.53 bits per heavy atom. The molecule has 2 saturated carbocycles. The van der Waals surface area contributed by atoms with E-state index >= 15 is 0 Å². The normalized spacial score (nSPS) is 20.5. The van der Waals surface area contributed by atoms with Crippen LogP contribution in [-0.4, -0.2) is 41.7 Å². The van der Waals surface area contributed by atoms with Crippen molar-refractivity contribution in [3.05, 3.63) is 48.2 Å². The monoisotopic (exact) mass is 451 g/mol. The molecule has 0 radical (unpaired) electrons. The molecule has 0 atom stereocenters. The number of ether oxygens (including phenoxy) is 2. The summed E-state index contributed by atoms with van der Waals surface area (Å²) in [4.78, 5) is 12.0. The first kappa shape index (κ1) is 22.3. The third-order valence-corrected chi connectivity index (χ3v) is 5.54. The first-order chi connectivity index (χ1) is 15.3. The number of nitrogens with one attached hydrogen (secondary N) is 1. The van der Waals surface area contributed by atoms with Crippen LogP contribution in [0.4, 0.5) is 13.2 Å². The average molecular weight is 451 g/mol. The number of benzene rings is 1. The predicted molar refractivity (Wildman–Crippen MR) is 108 cm³/mol. The Morgan fingerprint density at radius 2 is 1.88 bits per heavy atom. The number of halogens is 3. The van der Waals surface area contributed by atoms with Crippen LogP contribution in [-0.2, 0) is 9.53 Å². The van der Waals surface area contributed by atoms with Crippen LogP contribution >= 0.6 is 0 Å². The Hall–Kier alpha value is -2.88. The van der Waals surface area contributed by atoms with E-state index < -0.39 is 12.5 Å². The Balaban J connectivity index is 1.13. The third-order valence-electron chi connectivity index (χ3n) is 5.54. The number of hydrogen-bond donors (Lipinski definition) is 1. The zero-order valence-corrected chi connectivity index (χ0v) is 17.4. The summed E-state index contributed by atoms with van der Waals surface area (Å²) in [5.41, 5.74) is 1.83. The van der Waals surface area contributed by atoms with Gasteiger partial charge in [0.05, 0.1) is 6.10 Å². The molecule has 10 heteroatoms. The molecule has 2 aliphatic rings. The summed E-state index contributed by atoms with van der Waals surface area (Å²) < 4.78 is 51.6. The summed E-state index contributed by atoms with van der Waals surface area (Å²) in [6.45, 7) is 4.09. The summed E-state index contributed by atoms with van der Waals surface area (Å²) in [7, 11) is 0. The molecule has 1 amide bonds. The summed E-state index contributed by atoms with van der Waals surface area (Å²) in [6, 6.07) is 7.80. The van der Waals surface area contributed by atoms with E-state index in [9.17, 15) is 18.0 Å². The summed E-state index contributed by atoms with van der Waals surface area (Å²) in [5, 5.41) is 10.5. The van der Waals surface area contributed by atoms with Gasteiger partial charge in [-0.3, -0.25) is 9.53 Å². The van der Waals surface area contributed by atoms with Gasteiger partial charge in [-0.15, -0.1) is 23.4 Å². The maximum atomic E-state index is 12.2. The van der Waals surface area contributed by atoms with Crippen LogP contribution in [0.5, 0.6) is 5.75 Å². The second-order valence-corrected chi connectivity index (χ2v) is 8.13. The van der Waals surface area contributed by atoms with E-state index in [-0.39, 0.29) is 43.1 Å². The van der Waals surface area contributed by atoms with E-state index in [2.05, 4.69) is 26.8 Å². The molecule has 32 heavy (non-hydrogen) atoms. The van der Waals surface area contributed by atoms with Crippen molar-refractivity contribution in [1.29, 1.82) is 0 Å². The molecule has 2 fully saturated rings. The molecule has 172 valence electrons. The Kier molecular flexibility index (Phi) is 6.50. The zero-order chi connectivity index (χ0) is 22.7. The van der Waals surface area contributed by atoms with Crippen molar-refractivity contribution in [3.63, 3.8) is 0 Å². The first-order valence-corrected chi connectivity index (χ1v) is 10.5. The number of carbonyl (C=O) groups excluding carboxylic acids is 1. The molecule has 1 aromatic heterocycles. The molecule has 4 rings (SSSR count). The number of hydrogen-bond acceptors (Lipinski definition) is 6. The molecule has 1 heterocycles. The fourth-order valence-electron chi connectivity index (χ4n) is 3.51. The van der Waals surface area contributed by atoms with E-state index in [1.165, 1.54) is 18.4 Å². The lowest BCUT2D eigenvalue weighted by Gasteiger charge is -2.32. The lowest BCUT2D eigenvalue weighted by molar-refractivity contribution is -0.352. The van der Waals surface area contributed by atoms with E-state index in [1.54, 1.807) is 0 Å². The minimum absolute atomic E-state index is 0.0944. The standard InChI is InChI=1S/C22H24F3N3O4/c1-13(20-27-28-21(31-20)16-10-18(11-16)32-22(23,24)25)8-9-26-19(29)12-30-17-6-4-15(5-7-17)14-2-3-14/h4-7,14,16,18H,1-3,8-12H2,(H,26,29)/t16-,18+. The van der Waals surface area contributed by atoms with E-state index in [0.29, 0.717) is 30.2 Å². The predicted octanol–water partition coefficient (Wildman–Crippen LogP) is 4.33. The number of nitrogens with zero attached hydrogens (tertiary/aromatic N) is 2. The number of amides is 1. The van der Waals surface area contributed by atoms with Crippen molar-refractivity contribution in [1.82, 2.24) is 15.5 Å². The molecule has 0 unspecified atom stereocenters. The SMILES string of the molecule is C=C(CCNC(=O)COc1ccc(C2CC2)cc1)c1nnc([C@H]2C[C@@H](OC(F)(F)F)C2)o1. The number of rotatable bonds is 10. The molecular formula is C22H24F3N3O4. The highest BCUT2D eigenvalue weighted by atomic mass is 19.4. The van der Waals surface area contributed by atoms with Gasteiger partial charge in [-0.2, -0.15) is 0 Å². The maximum absolute atomic E-state index is 12.2. The van der Waals surface area contributed by atoms with Gasteiger partial charge in [-0.1, -0.05) is 18.7 Å². The summed E-state index contributed by atoms with van der Waals surface area (Å²) >= 11 is 0. The summed E-state index contributed by atoms with van der Waals surface area (Å²) in [6.07, 6.45) is -2.33. The lowest BCUT2D eigenvalue weighted by atomic mass is 9.82. The second kappa shape index (κ2) is 9.32. The second-order valence-electron chi connectivity index (χ2n) is 8.13. The molecule has 0 spiro atoms. The fourth-order valence-corrected chi connectivity index (χ4v) is 3.51. The molecule has 1 aromatic carbocycles. The van der Waals surface area contributed by atoms with Gasteiger partial charge in [0.1, 0.15) is 5.75 Å². The van der Waals surface area contributed by atoms with Crippen molar-refractivity contribution in [3.8, 4) is 5.75 Å². The van der Waals surface area contributed by atoms with Gasteiger partial charge in [0, 0.05) is 18.0 Å². The third kappa shape index (κ3) is 6.09. The van der Waals surface area contributed by atoms with Crippen LogP contribution in [0.1, 0.15) is 61.3 Å². The van der Waals surface area contributed by atoms with Gasteiger partial charge in [0.2, 0.25) is 11.8 Å². The van der Waals surface area contributed by atoms with Crippen molar-refractivity contribution >= 4 is 11.5 Å². The quantitative estimate of drug-likeness (QED) is 0.579. The molecule has 0 saturated heterocycles. The van der Waals surface area contributed by atoms with Gasteiger partial charge in [-0.05, 0) is 55.7 Å². The van der Waals surface area contributed by atoms with Crippen LogP contribution in [0.15, 0.2) is 35.3 Å². The molecule has 2 aromatic rings. The highest BCUT2D eigenvalue weighted by Gasteiger charge is 2.42. The van der Waals surface area contributed by atoms with Gasteiger partial charge in [-0.25, -0.2) is 0 Å². The lowest BCUT2D eigenvalue weighted by Crippen LogP contribution is -2.34. The minimum atomic E-state index is -4.64. The van der Waals surface area contributed by atoms with Crippen molar-refractivity contribution < 1.29 is 31.9 Å². The van der Waals surface area contributed by atoms with Crippen molar-refractivity contribution in [2.45, 2.75) is 56.4 Å². The van der Waals surface area contributed by atoms with E-state index in [0.717, 1.165) is 0 Å². The summed E-state index contributed by atoms with van der Waals surface area (Å²) in [5.74, 6) is 1.28. The molecule has 0 bridgehead atoms. The largest absolute Gasteiger partial charge is 0.522 e. The molecule has 7 nitrogen and oxygen atoms in total. The number of alkyl halides is 3. The molecule has 1 N–H and O–H groups in total. The van der Waals surface area contributed by atoms with Gasteiger partial charge in [0.15, 0.2) is 6.61 Å². The Bertz CT molecular complexity index is 948. The zero-order valence-electron chi connectivity index (χ0n) is 17.4. The number of aromatic nitrogens is 2. The Morgan fingerprint density at radius 1 is 1.16 bits per heavy atom. The van der Waals surface area contributed by atoms with Gasteiger partial charge in [0.25, 0.3) is 5.91 Å². The van der Waals surface area contributed by atoms with Crippen molar-refractivity contribution in [2.24, 2.45) is 0 Å². The van der Waals surface area contributed by atoms with E-state index in [4.69, 9.17) is 9.15 Å². The van der Waals surface area contributed by atoms with Crippen LogP contribution in [0, 0.1) is 0 Å². The molecule has 2 aliphatic carbocycles. The van der Waals surface area contributed by atoms with Gasteiger partial charge < -0.3 is 14.5 Å². The van der Waals surface area contributed by atoms with Gasteiger partial charge >= 0.3 is 6.36 Å². The van der Waals surface area contributed by atoms with Crippen molar-refractivity contribution in [2.75, 3.05) is 13.2 Å². The van der Waals surface area contributed by atoms with Crippen LogP contribution in [0.3, 0.4) is 0 Å². The van der Waals surface area contributed by atoms with Crippen LogP contribution < -0.4 is 10.1 Å². The highest BCUT2D eigenvalue weighted by molar-refractivity contribution is 5.77. The Labute approximate surface area is 183 Å². The average Bonchev–Trinajstić information content (AvgIpc) is 3.45.